The number of aryl methyl sites for hydroxylation is 2. The minimum absolute atomic E-state index is 0.0945. The zero-order chi connectivity index (χ0) is 17.0. The van der Waals surface area contributed by atoms with Crippen LogP contribution in [-0.4, -0.2) is 32.4 Å². The van der Waals surface area contributed by atoms with Crippen LogP contribution in [0.1, 0.15) is 19.0 Å². The second-order valence-corrected chi connectivity index (χ2v) is 6.70. The Morgan fingerprint density at radius 1 is 1.17 bits per heavy atom. The Morgan fingerprint density at radius 2 is 1.87 bits per heavy atom. The number of methoxy groups -OCH3 is 2. The molecule has 0 unspecified atom stereocenters. The van der Waals surface area contributed by atoms with Crippen molar-refractivity contribution in [2.24, 2.45) is 0 Å². The fraction of sp³-hybridized carbons (Fsp3) is 0.400. The number of hydrogen-bond donors (Lipinski definition) is 1. The summed E-state index contributed by atoms with van der Waals surface area (Å²) in [5.41, 5.74) is 0.753. The van der Waals surface area contributed by atoms with Crippen LogP contribution in [0.2, 0.25) is 0 Å². The molecule has 126 valence electrons. The standard InChI is InChI=1S/C15H21N3O4S/c1-5-8-18-15(9-11(2)16-18)17-23(19,20)12-6-7-13(21-3)14(10-12)22-4/h6-7,9-10,17H,5,8H2,1-4H3. The summed E-state index contributed by atoms with van der Waals surface area (Å²) < 4.78 is 39.7. The lowest BCUT2D eigenvalue weighted by molar-refractivity contribution is 0.354. The summed E-state index contributed by atoms with van der Waals surface area (Å²) >= 11 is 0. The van der Waals surface area contributed by atoms with Gasteiger partial charge in [0.05, 0.1) is 24.8 Å². The van der Waals surface area contributed by atoms with E-state index in [0.29, 0.717) is 23.9 Å². The van der Waals surface area contributed by atoms with Crippen molar-refractivity contribution in [2.75, 3.05) is 18.9 Å². The van der Waals surface area contributed by atoms with Crippen LogP contribution in [-0.2, 0) is 16.6 Å². The first-order chi connectivity index (χ1) is 10.9. The molecule has 23 heavy (non-hydrogen) atoms. The SMILES string of the molecule is CCCn1nc(C)cc1NS(=O)(=O)c1ccc(OC)c(OC)c1. The zero-order valence-corrected chi connectivity index (χ0v) is 14.5. The number of anilines is 1. The van der Waals surface area contributed by atoms with Gasteiger partial charge in [-0.15, -0.1) is 0 Å². The minimum atomic E-state index is -3.74. The zero-order valence-electron chi connectivity index (χ0n) is 13.7. The number of ether oxygens (including phenoxy) is 2. The Kier molecular flexibility index (Phi) is 5.15. The third-order valence-corrected chi connectivity index (χ3v) is 4.59. The molecule has 0 aliphatic carbocycles. The Bertz CT molecular complexity index is 784. The number of nitrogens with one attached hydrogen (secondary N) is 1. The fourth-order valence-electron chi connectivity index (χ4n) is 2.19. The summed E-state index contributed by atoms with van der Waals surface area (Å²) in [5, 5.41) is 4.28. The van der Waals surface area contributed by atoms with Gasteiger partial charge in [-0.2, -0.15) is 5.10 Å². The highest BCUT2D eigenvalue weighted by molar-refractivity contribution is 7.92. The molecule has 1 N–H and O–H groups in total. The molecule has 0 atom stereocenters. The Hall–Kier alpha value is -2.22. The normalized spacial score (nSPS) is 11.3. The Morgan fingerprint density at radius 3 is 2.48 bits per heavy atom. The van der Waals surface area contributed by atoms with Crippen molar-refractivity contribution in [3.8, 4) is 11.5 Å². The monoisotopic (exact) mass is 339 g/mol. The lowest BCUT2D eigenvalue weighted by Gasteiger charge is -2.12. The van der Waals surface area contributed by atoms with Gasteiger partial charge in [0.2, 0.25) is 0 Å². The number of benzene rings is 1. The van der Waals surface area contributed by atoms with Gasteiger partial charge in [-0.3, -0.25) is 4.72 Å². The van der Waals surface area contributed by atoms with Crippen LogP contribution in [0.15, 0.2) is 29.2 Å². The summed E-state index contributed by atoms with van der Waals surface area (Å²) in [6, 6.07) is 6.15. The molecule has 2 aromatic rings. The smallest absolute Gasteiger partial charge is 0.263 e. The van der Waals surface area contributed by atoms with Gasteiger partial charge < -0.3 is 9.47 Å². The summed E-state index contributed by atoms with van der Waals surface area (Å²) in [5.74, 6) is 1.27. The van der Waals surface area contributed by atoms with Crippen molar-refractivity contribution in [1.29, 1.82) is 0 Å². The van der Waals surface area contributed by atoms with Gasteiger partial charge in [-0.1, -0.05) is 6.92 Å². The maximum Gasteiger partial charge on any atom is 0.263 e. The molecule has 0 aliphatic heterocycles. The Balaban J connectivity index is 2.36. The maximum atomic E-state index is 12.6. The molecule has 0 bridgehead atoms. The van der Waals surface area contributed by atoms with Gasteiger partial charge in [-0.25, -0.2) is 13.1 Å². The maximum absolute atomic E-state index is 12.6. The topological polar surface area (TPSA) is 82.5 Å². The van der Waals surface area contributed by atoms with E-state index in [2.05, 4.69) is 9.82 Å². The highest BCUT2D eigenvalue weighted by Crippen LogP contribution is 2.30. The van der Waals surface area contributed by atoms with Crippen LogP contribution in [0, 0.1) is 6.92 Å². The second kappa shape index (κ2) is 6.91. The second-order valence-electron chi connectivity index (χ2n) is 5.02. The van der Waals surface area contributed by atoms with Crippen LogP contribution in [0.25, 0.3) is 0 Å². The summed E-state index contributed by atoms with van der Waals surface area (Å²) in [6.45, 7) is 4.46. The molecule has 1 aromatic carbocycles. The van der Waals surface area contributed by atoms with Crippen molar-refractivity contribution < 1.29 is 17.9 Å². The lowest BCUT2D eigenvalue weighted by Crippen LogP contribution is -2.16. The molecule has 0 spiro atoms. The van der Waals surface area contributed by atoms with Crippen molar-refractivity contribution in [2.45, 2.75) is 31.7 Å². The van der Waals surface area contributed by atoms with Gasteiger partial charge in [0, 0.05) is 18.7 Å². The van der Waals surface area contributed by atoms with Crippen LogP contribution in [0.5, 0.6) is 11.5 Å². The molecule has 0 aliphatic rings. The summed E-state index contributed by atoms with van der Waals surface area (Å²) in [6.07, 6.45) is 0.853. The van der Waals surface area contributed by atoms with Crippen LogP contribution < -0.4 is 14.2 Å². The largest absolute Gasteiger partial charge is 0.493 e. The molecular formula is C15H21N3O4S. The van der Waals surface area contributed by atoms with Crippen molar-refractivity contribution in [1.82, 2.24) is 9.78 Å². The van der Waals surface area contributed by atoms with E-state index in [1.807, 2.05) is 13.8 Å². The van der Waals surface area contributed by atoms with Gasteiger partial charge in [-0.05, 0) is 25.5 Å². The molecule has 2 rings (SSSR count). The van der Waals surface area contributed by atoms with Crippen molar-refractivity contribution >= 4 is 15.8 Å². The number of aromatic nitrogens is 2. The quantitative estimate of drug-likeness (QED) is 0.838. The molecule has 0 saturated carbocycles. The highest BCUT2D eigenvalue weighted by Gasteiger charge is 2.19. The van der Waals surface area contributed by atoms with Gasteiger partial charge in [0.15, 0.2) is 11.5 Å². The minimum Gasteiger partial charge on any atom is -0.493 e. The molecule has 0 amide bonds. The first kappa shape index (κ1) is 17.1. The van der Waals surface area contributed by atoms with Crippen LogP contribution in [0.3, 0.4) is 0 Å². The third kappa shape index (κ3) is 3.76. The molecular weight excluding hydrogens is 318 g/mol. The summed E-state index contributed by atoms with van der Waals surface area (Å²) in [4.78, 5) is 0.0945. The predicted octanol–water partition coefficient (Wildman–Crippen LogP) is 2.42. The van der Waals surface area contributed by atoms with E-state index in [-0.39, 0.29) is 4.90 Å². The first-order valence-corrected chi connectivity index (χ1v) is 8.69. The van der Waals surface area contributed by atoms with E-state index in [4.69, 9.17) is 9.47 Å². The van der Waals surface area contributed by atoms with Crippen LogP contribution in [0.4, 0.5) is 5.82 Å². The van der Waals surface area contributed by atoms with E-state index >= 15 is 0 Å². The average molecular weight is 339 g/mol. The number of sulfonamides is 1. The van der Waals surface area contributed by atoms with E-state index in [1.165, 1.54) is 26.4 Å². The molecule has 0 radical (unpaired) electrons. The number of hydrogen-bond acceptors (Lipinski definition) is 5. The molecule has 0 saturated heterocycles. The van der Waals surface area contributed by atoms with Crippen molar-refractivity contribution in [3.05, 3.63) is 30.0 Å². The van der Waals surface area contributed by atoms with Crippen LogP contribution >= 0.6 is 0 Å². The average Bonchev–Trinajstić information content (AvgIpc) is 2.85. The van der Waals surface area contributed by atoms with E-state index in [1.54, 1.807) is 16.8 Å². The van der Waals surface area contributed by atoms with Gasteiger partial charge >= 0.3 is 0 Å². The van der Waals surface area contributed by atoms with E-state index in [9.17, 15) is 8.42 Å². The molecule has 1 heterocycles. The number of nitrogens with zero attached hydrogens (tertiary/aromatic N) is 2. The predicted molar refractivity (Wildman–Crippen MR) is 87.6 cm³/mol. The van der Waals surface area contributed by atoms with E-state index < -0.39 is 10.0 Å². The fourth-order valence-corrected chi connectivity index (χ4v) is 3.26. The molecule has 1 aromatic heterocycles. The lowest BCUT2D eigenvalue weighted by atomic mass is 10.3. The highest BCUT2D eigenvalue weighted by atomic mass is 32.2. The summed E-state index contributed by atoms with van der Waals surface area (Å²) in [7, 11) is -0.789. The first-order valence-electron chi connectivity index (χ1n) is 7.20. The van der Waals surface area contributed by atoms with E-state index in [0.717, 1.165) is 12.1 Å². The van der Waals surface area contributed by atoms with Gasteiger partial charge in [0.1, 0.15) is 5.82 Å². The third-order valence-electron chi connectivity index (χ3n) is 3.24. The molecule has 7 nitrogen and oxygen atoms in total. The molecule has 8 heteroatoms. The van der Waals surface area contributed by atoms with Crippen molar-refractivity contribution in [3.63, 3.8) is 0 Å². The molecule has 0 fully saturated rings. The van der Waals surface area contributed by atoms with Gasteiger partial charge in [0.25, 0.3) is 10.0 Å². The number of rotatable bonds is 7. The Labute approximate surface area is 136 Å².